The highest BCUT2D eigenvalue weighted by Crippen LogP contribution is 2.23. The van der Waals surface area contributed by atoms with Crippen LogP contribution < -0.4 is 10.1 Å². The van der Waals surface area contributed by atoms with E-state index in [4.69, 9.17) is 14.4 Å². The highest BCUT2D eigenvalue weighted by atomic mass is 16.5. The predicted molar refractivity (Wildman–Crippen MR) is 96.1 cm³/mol. The lowest BCUT2D eigenvalue weighted by Crippen LogP contribution is -2.28. The number of aliphatic hydroxyl groups is 1. The maximum Gasteiger partial charge on any atom is 0.151 e. The summed E-state index contributed by atoms with van der Waals surface area (Å²) in [6.07, 6.45) is 0. The van der Waals surface area contributed by atoms with Gasteiger partial charge in [-0.05, 0) is 36.8 Å². The van der Waals surface area contributed by atoms with Crippen molar-refractivity contribution < 1.29 is 14.4 Å². The lowest BCUT2D eigenvalue weighted by atomic mass is 10.1. The summed E-state index contributed by atoms with van der Waals surface area (Å²) in [5.74, 6) is 1.55. The van der Waals surface area contributed by atoms with E-state index in [0.29, 0.717) is 13.2 Å². The van der Waals surface area contributed by atoms with Crippen molar-refractivity contribution in [1.82, 2.24) is 10.5 Å². The fourth-order valence-corrected chi connectivity index (χ4v) is 2.33. The minimum atomic E-state index is 0.0228. The molecule has 1 unspecified atom stereocenters. The molecule has 0 fully saturated rings. The number of nitrogens with zero attached hydrogens (tertiary/aromatic N) is 1. The Kier molecular flexibility index (Phi) is 5.82. The molecule has 0 saturated heterocycles. The quantitative estimate of drug-likeness (QED) is 0.659. The van der Waals surface area contributed by atoms with Crippen LogP contribution in [0.1, 0.15) is 18.2 Å². The number of hydrogen-bond donors (Lipinski definition) is 2. The van der Waals surface area contributed by atoms with Crippen LogP contribution in [0.5, 0.6) is 5.75 Å². The van der Waals surface area contributed by atoms with Crippen LogP contribution in [0, 0.1) is 0 Å². The van der Waals surface area contributed by atoms with E-state index in [-0.39, 0.29) is 12.6 Å². The maximum atomic E-state index is 9.02. The molecule has 5 heteroatoms. The summed E-state index contributed by atoms with van der Waals surface area (Å²) in [4.78, 5) is 0. The van der Waals surface area contributed by atoms with Crippen LogP contribution in [0.25, 0.3) is 11.3 Å². The number of rotatable bonds is 8. The van der Waals surface area contributed by atoms with Crippen molar-refractivity contribution in [2.24, 2.45) is 0 Å². The summed E-state index contributed by atoms with van der Waals surface area (Å²) in [5, 5.41) is 16.3. The highest BCUT2D eigenvalue weighted by molar-refractivity contribution is 5.59. The van der Waals surface area contributed by atoms with E-state index in [1.807, 2.05) is 67.6 Å². The zero-order chi connectivity index (χ0) is 17.5. The molecular weight excluding hydrogens is 316 g/mol. The summed E-state index contributed by atoms with van der Waals surface area (Å²) in [6, 6.07) is 19.8. The third kappa shape index (κ3) is 4.92. The fourth-order valence-electron chi connectivity index (χ4n) is 2.33. The van der Waals surface area contributed by atoms with Gasteiger partial charge in [-0.15, -0.1) is 0 Å². The zero-order valence-electron chi connectivity index (χ0n) is 14.2. The fraction of sp³-hybridized carbons (Fsp3) is 0.250. The molecule has 0 spiro atoms. The van der Waals surface area contributed by atoms with E-state index < -0.39 is 0 Å². The first-order valence-corrected chi connectivity index (χ1v) is 8.31. The molecule has 2 aromatic carbocycles. The van der Waals surface area contributed by atoms with Gasteiger partial charge in [-0.2, -0.15) is 0 Å². The van der Waals surface area contributed by atoms with Crippen LogP contribution >= 0.6 is 0 Å². The van der Waals surface area contributed by atoms with E-state index in [1.54, 1.807) is 0 Å². The van der Waals surface area contributed by atoms with Gasteiger partial charge in [0.1, 0.15) is 18.1 Å². The van der Waals surface area contributed by atoms with E-state index in [9.17, 15) is 0 Å². The smallest absolute Gasteiger partial charge is 0.151 e. The van der Waals surface area contributed by atoms with E-state index in [0.717, 1.165) is 28.3 Å². The maximum absolute atomic E-state index is 9.02. The van der Waals surface area contributed by atoms with Gasteiger partial charge in [-0.25, -0.2) is 0 Å². The Bertz CT molecular complexity index is 769. The summed E-state index contributed by atoms with van der Waals surface area (Å²) in [5.41, 5.74) is 2.89. The lowest BCUT2D eigenvalue weighted by Gasteiger charge is -2.07. The summed E-state index contributed by atoms with van der Waals surface area (Å²) >= 11 is 0. The molecule has 0 radical (unpaired) electrons. The monoisotopic (exact) mass is 338 g/mol. The summed E-state index contributed by atoms with van der Waals surface area (Å²) < 4.78 is 11.1. The average molecular weight is 338 g/mol. The molecule has 130 valence electrons. The third-order valence-electron chi connectivity index (χ3n) is 3.86. The van der Waals surface area contributed by atoms with Gasteiger partial charge in [0, 0.05) is 17.7 Å². The van der Waals surface area contributed by atoms with Crippen LogP contribution in [-0.4, -0.2) is 22.9 Å². The second-order valence-electron chi connectivity index (χ2n) is 5.94. The second kappa shape index (κ2) is 8.46. The van der Waals surface area contributed by atoms with Gasteiger partial charge in [0.05, 0.1) is 13.2 Å². The summed E-state index contributed by atoms with van der Waals surface area (Å²) in [7, 11) is 0. The Labute approximate surface area is 147 Å². The zero-order valence-corrected chi connectivity index (χ0v) is 14.2. The lowest BCUT2D eigenvalue weighted by molar-refractivity contribution is 0.246. The predicted octanol–water partition coefficient (Wildman–Crippen LogP) is 3.39. The first-order valence-electron chi connectivity index (χ1n) is 8.31. The molecule has 0 saturated carbocycles. The summed E-state index contributed by atoms with van der Waals surface area (Å²) in [6.45, 7) is 3.08. The first kappa shape index (κ1) is 17.2. The number of ether oxygens (including phenoxy) is 1. The molecule has 1 heterocycles. The average Bonchev–Trinajstić information content (AvgIpc) is 3.14. The molecule has 0 amide bonds. The van der Waals surface area contributed by atoms with Gasteiger partial charge in [0.15, 0.2) is 5.76 Å². The topological polar surface area (TPSA) is 67.5 Å². The second-order valence-corrected chi connectivity index (χ2v) is 5.94. The number of nitrogens with one attached hydrogen (secondary N) is 1. The Morgan fingerprint density at radius 2 is 1.88 bits per heavy atom. The van der Waals surface area contributed by atoms with Gasteiger partial charge in [-0.1, -0.05) is 35.5 Å². The van der Waals surface area contributed by atoms with Gasteiger partial charge < -0.3 is 19.7 Å². The first-order chi connectivity index (χ1) is 12.2. The van der Waals surface area contributed by atoms with Gasteiger partial charge >= 0.3 is 0 Å². The van der Waals surface area contributed by atoms with Crippen LogP contribution in [-0.2, 0) is 13.2 Å². The van der Waals surface area contributed by atoms with Gasteiger partial charge in [-0.3, -0.25) is 0 Å². The highest BCUT2D eigenvalue weighted by Gasteiger charge is 2.08. The van der Waals surface area contributed by atoms with Crippen LogP contribution in [0.4, 0.5) is 0 Å². The molecule has 5 nitrogen and oxygen atoms in total. The molecule has 3 rings (SSSR count). The van der Waals surface area contributed by atoms with E-state index in [1.165, 1.54) is 0 Å². The molecule has 0 aliphatic rings. The van der Waals surface area contributed by atoms with Crippen LogP contribution in [0.3, 0.4) is 0 Å². The van der Waals surface area contributed by atoms with Crippen molar-refractivity contribution in [2.75, 3.05) is 6.61 Å². The Balaban J connectivity index is 1.57. The van der Waals surface area contributed by atoms with Crippen molar-refractivity contribution in [3.05, 3.63) is 72.0 Å². The molecule has 0 aliphatic carbocycles. The third-order valence-corrected chi connectivity index (χ3v) is 3.86. The molecule has 25 heavy (non-hydrogen) atoms. The molecule has 2 N–H and O–H groups in total. The molecule has 0 aliphatic heterocycles. The number of aliphatic hydroxyl groups excluding tert-OH is 1. The molecular formula is C20H22N2O3. The molecule has 1 atom stereocenters. The van der Waals surface area contributed by atoms with Crippen molar-refractivity contribution >= 4 is 0 Å². The number of benzene rings is 2. The van der Waals surface area contributed by atoms with Crippen LogP contribution in [0.15, 0.2) is 65.2 Å². The number of aromatic nitrogens is 1. The Morgan fingerprint density at radius 3 is 2.60 bits per heavy atom. The van der Waals surface area contributed by atoms with Gasteiger partial charge in [0.25, 0.3) is 0 Å². The minimum Gasteiger partial charge on any atom is -0.489 e. The van der Waals surface area contributed by atoms with Gasteiger partial charge in [0.2, 0.25) is 0 Å². The normalized spacial score (nSPS) is 12.1. The minimum absolute atomic E-state index is 0.0228. The molecule has 1 aromatic heterocycles. The Morgan fingerprint density at radius 1 is 1.12 bits per heavy atom. The SMILES string of the molecule is CC(CO)NCc1cc(-c2ccc(OCc3ccccc3)cc2)no1. The van der Waals surface area contributed by atoms with Crippen molar-refractivity contribution in [1.29, 1.82) is 0 Å². The van der Waals surface area contributed by atoms with Crippen molar-refractivity contribution in [2.45, 2.75) is 26.1 Å². The standard InChI is InChI=1S/C20H22N2O3/c1-15(13-23)21-12-19-11-20(22-25-19)17-7-9-18(10-8-17)24-14-16-5-3-2-4-6-16/h2-11,15,21,23H,12-14H2,1H3. The van der Waals surface area contributed by atoms with Crippen molar-refractivity contribution in [3.63, 3.8) is 0 Å². The largest absolute Gasteiger partial charge is 0.489 e. The van der Waals surface area contributed by atoms with E-state index >= 15 is 0 Å². The van der Waals surface area contributed by atoms with Crippen LogP contribution in [0.2, 0.25) is 0 Å². The van der Waals surface area contributed by atoms with Crippen molar-refractivity contribution in [3.8, 4) is 17.0 Å². The molecule has 0 bridgehead atoms. The van der Waals surface area contributed by atoms with E-state index in [2.05, 4.69) is 10.5 Å². The molecule has 3 aromatic rings. The Hall–Kier alpha value is -2.63. The number of hydrogen-bond acceptors (Lipinski definition) is 5.